The van der Waals surface area contributed by atoms with Gasteiger partial charge >= 0.3 is 0 Å². The summed E-state index contributed by atoms with van der Waals surface area (Å²) in [7, 11) is 0. The van der Waals surface area contributed by atoms with Crippen molar-refractivity contribution in [2.24, 2.45) is 20.5 Å². The third-order valence-corrected chi connectivity index (χ3v) is 12.8. The molecule has 0 heterocycles. The van der Waals surface area contributed by atoms with E-state index in [-0.39, 0.29) is 74.1 Å². The zero-order valence-corrected chi connectivity index (χ0v) is 40.8. The summed E-state index contributed by atoms with van der Waals surface area (Å²) in [4.78, 5) is 79.0. The van der Waals surface area contributed by atoms with Gasteiger partial charge in [-0.15, -0.1) is 0 Å². The zero-order valence-electron chi connectivity index (χ0n) is 34.8. The molecule has 0 saturated carbocycles. The minimum atomic E-state index is -1.63. The molecule has 0 aliphatic carbocycles. The summed E-state index contributed by atoms with van der Waals surface area (Å²) in [6.45, 7) is 5.92. The van der Waals surface area contributed by atoms with Gasteiger partial charge in [-0.2, -0.15) is 20.5 Å². The molecule has 0 saturated heterocycles. The monoisotopic (exact) mass is 1050 g/mol. The third kappa shape index (κ3) is 12.2. The summed E-state index contributed by atoms with van der Waals surface area (Å²) in [6, 6.07) is 14.5. The summed E-state index contributed by atoms with van der Waals surface area (Å²) in [6.07, 6.45) is 0.699. The van der Waals surface area contributed by atoms with Crippen LogP contribution in [0.15, 0.2) is 93.3 Å². The fourth-order valence-electron chi connectivity index (χ4n) is 5.95. The van der Waals surface area contributed by atoms with Gasteiger partial charge in [-0.3, -0.25) is 28.8 Å². The molecular formula is C44H34Cl8N8O6. The van der Waals surface area contributed by atoms with E-state index in [1.165, 1.54) is 60.7 Å². The highest BCUT2D eigenvalue weighted by Crippen LogP contribution is 2.39. The number of nitrogens with one attached hydrogen (secondary N) is 4. The Hall–Kier alpha value is -5.16. The molecule has 0 aromatic heterocycles. The topological polar surface area (TPSA) is 200 Å². The predicted molar refractivity (Wildman–Crippen MR) is 262 cm³/mol. The predicted octanol–water partition coefficient (Wildman–Crippen LogP) is 13.9. The number of nitrogens with zero attached hydrogens (tertiary/aromatic N) is 4. The number of carbonyl (C=O) groups excluding carboxylic acids is 6. The number of Topliss-reactive ketones (excluding diaryl/α,β-unsaturated/α-hetero) is 2. The van der Waals surface area contributed by atoms with Gasteiger partial charge in [0.25, 0.3) is 23.6 Å². The average Bonchev–Trinajstić information content (AvgIpc) is 3.27. The molecule has 66 heavy (non-hydrogen) atoms. The van der Waals surface area contributed by atoms with Crippen LogP contribution in [0.5, 0.6) is 0 Å². The van der Waals surface area contributed by atoms with Crippen molar-refractivity contribution in [1.29, 1.82) is 0 Å². The van der Waals surface area contributed by atoms with E-state index in [2.05, 4.69) is 41.7 Å². The summed E-state index contributed by atoms with van der Waals surface area (Å²) < 4.78 is 0. The van der Waals surface area contributed by atoms with Crippen molar-refractivity contribution in [2.75, 3.05) is 21.3 Å². The Kier molecular flexibility index (Phi) is 18.1. The second kappa shape index (κ2) is 23.0. The molecule has 2 atom stereocenters. The van der Waals surface area contributed by atoms with Gasteiger partial charge in [0.1, 0.15) is 11.4 Å². The van der Waals surface area contributed by atoms with E-state index < -0.39 is 47.3 Å². The van der Waals surface area contributed by atoms with Crippen molar-refractivity contribution in [3.05, 3.63) is 135 Å². The number of carbonyl (C=O) groups is 6. The zero-order chi connectivity index (χ0) is 48.6. The van der Waals surface area contributed by atoms with Crippen LogP contribution >= 0.6 is 92.8 Å². The number of ketones is 2. The first-order valence-electron chi connectivity index (χ1n) is 19.3. The Morgan fingerprint density at radius 2 is 0.833 bits per heavy atom. The molecule has 5 rings (SSSR count). The number of amides is 4. The minimum absolute atomic E-state index is 0.0132. The molecule has 0 aliphatic heterocycles. The standard InChI is InChI=1S/C44H34Cl8N8O6/c1-5-21-17-32(56-44(66)40(20(4)62)60-58-30-12-8-10-24(34(30)48)42(64)54-28-16-14-26(46)36(50)38(28)52)22(6-2)18-31(21)55-43(65)39(19(3)61)59-57-29-11-7-9-23(33(29)47)41(63)53-27-15-13-25(45)35(49)37(27)51/h7-18,39-40H,5-6H2,1-4H3,(H,53,63)(H,54,64)(H,55,65)(H,56,66). The molecular weight excluding hydrogens is 1020 g/mol. The normalized spacial score (nSPS) is 12.2. The molecule has 5 aromatic carbocycles. The molecule has 0 radical (unpaired) electrons. The lowest BCUT2D eigenvalue weighted by atomic mass is 10.0. The molecule has 5 aromatic rings. The first kappa shape index (κ1) is 51.8. The van der Waals surface area contributed by atoms with E-state index in [1.54, 1.807) is 26.0 Å². The second-order valence-electron chi connectivity index (χ2n) is 13.9. The highest BCUT2D eigenvalue weighted by Gasteiger charge is 2.28. The van der Waals surface area contributed by atoms with Crippen molar-refractivity contribution in [2.45, 2.75) is 52.6 Å². The molecule has 22 heteroatoms. The first-order chi connectivity index (χ1) is 31.3. The highest BCUT2D eigenvalue weighted by molar-refractivity contribution is 6.50. The summed E-state index contributed by atoms with van der Waals surface area (Å²) in [5.74, 6) is -4.28. The lowest BCUT2D eigenvalue weighted by Gasteiger charge is -2.18. The van der Waals surface area contributed by atoms with Crippen LogP contribution in [-0.4, -0.2) is 47.3 Å². The highest BCUT2D eigenvalue weighted by atomic mass is 35.5. The molecule has 0 aliphatic rings. The van der Waals surface area contributed by atoms with E-state index in [4.69, 9.17) is 92.8 Å². The van der Waals surface area contributed by atoms with E-state index >= 15 is 0 Å². The Bertz CT molecular complexity index is 2670. The molecule has 4 N–H and O–H groups in total. The van der Waals surface area contributed by atoms with E-state index in [0.29, 0.717) is 35.3 Å². The van der Waals surface area contributed by atoms with Gasteiger partial charge in [0.2, 0.25) is 12.1 Å². The number of halogens is 8. The van der Waals surface area contributed by atoms with Crippen molar-refractivity contribution in [3.63, 3.8) is 0 Å². The van der Waals surface area contributed by atoms with Gasteiger partial charge < -0.3 is 21.3 Å². The Labute approximate surface area is 417 Å². The fraction of sp³-hybridized carbons (Fsp3) is 0.182. The van der Waals surface area contributed by atoms with Crippen molar-refractivity contribution in [3.8, 4) is 0 Å². The lowest BCUT2D eigenvalue weighted by Crippen LogP contribution is -2.33. The van der Waals surface area contributed by atoms with Crippen LogP contribution in [-0.2, 0) is 32.0 Å². The van der Waals surface area contributed by atoms with Crippen LogP contribution < -0.4 is 21.3 Å². The maximum atomic E-state index is 13.6. The van der Waals surface area contributed by atoms with Gasteiger partial charge in [0.05, 0.1) is 62.7 Å². The maximum absolute atomic E-state index is 13.6. The van der Waals surface area contributed by atoms with Gasteiger partial charge in [-0.25, -0.2) is 0 Å². The molecule has 14 nitrogen and oxygen atoms in total. The van der Waals surface area contributed by atoms with Gasteiger partial charge in [-0.1, -0.05) is 119 Å². The van der Waals surface area contributed by atoms with Crippen LogP contribution in [0.3, 0.4) is 0 Å². The van der Waals surface area contributed by atoms with Crippen molar-refractivity contribution >= 4 is 162 Å². The van der Waals surface area contributed by atoms with Gasteiger partial charge in [0.15, 0.2) is 11.6 Å². The SMILES string of the molecule is CCc1cc(NC(=O)C(N=Nc2cccc(C(=O)Nc3ccc(Cl)c(Cl)c3Cl)c2Cl)C(C)=O)c(CC)cc1NC(=O)C(N=Nc1cccc(C(=O)Nc2ccc(Cl)c(Cl)c2Cl)c1Cl)C(C)=O. The Morgan fingerprint density at radius 1 is 0.470 bits per heavy atom. The molecule has 342 valence electrons. The Balaban J connectivity index is 1.32. The number of benzene rings is 5. The van der Waals surface area contributed by atoms with E-state index in [0.717, 1.165) is 13.8 Å². The fourth-order valence-corrected chi connectivity index (χ4v) is 7.62. The number of aryl methyl sites for hydroxylation is 2. The van der Waals surface area contributed by atoms with Crippen LogP contribution in [0, 0.1) is 0 Å². The maximum Gasteiger partial charge on any atom is 0.258 e. The van der Waals surface area contributed by atoms with Gasteiger partial charge in [-0.05, 0) is 98.5 Å². The first-order valence-corrected chi connectivity index (χ1v) is 22.4. The quantitative estimate of drug-likeness (QED) is 0.0430. The average molecular weight is 1050 g/mol. The van der Waals surface area contributed by atoms with Crippen molar-refractivity contribution < 1.29 is 28.8 Å². The van der Waals surface area contributed by atoms with Crippen LogP contribution in [0.4, 0.5) is 34.1 Å². The third-order valence-electron chi connectivity index (χ3n) is 9.45. The molecule has 0 spiro atoms. The molecule has 0 fully saturated rings. The number of anilines is 4. The minimum Gasteiger partial charge on any atom is -0.323 e. The van der Waals surface area contributed by atoms with Crippen LogP contribution in [0.2, 0.25) is 40.2 Å². The Morgan fingerprint density at radius 3 is 1.17 bits per heavy atom. The second-order valence-corrected chi connectivity index (χ2v) is 17.0. The number of hydrogen-bond acceptors (Lipinski definition) is 10. The summed E-state index contributed by atoms with van der Waals surface area (Å²) in [5, 5.41) is 27.0. The lowest BCUT2D eigenvalue weighted by molar-refractivity contribution is -0.127. The summed E-state index contributed by atoms with van der Waals surface area (Å²) in [5.41, 5.74) is 2.01. The van der Waals surface area contributed by atoms with Crippen LogP contribution in [0.1, 0.15) is 59.5 Å². The molecule has 4 amide bonds. The number of rotatable bonds is 16. The number of azo groups is 2. The summed E-state index contributed by atoms with van der Waals surface area (Å²) >= 11 is 49.7. The van der Waals surface area contributed by atoms with E-state index in [1.807, 2.05) is 0 Å². The van der Waals surface area contributed by atoms with E-state index in [9.17, 15) is 28.8 Å². The number of hydrogen-bond donors (Lipinski definition) is 4. The largest absolute Gasteiger partial charge is 0.323 e. The smallest absolute Gasteiger partial charge is 0.258 e. The molecule has 2 unspecified atom stereocenters. The van der Waals surface area contributed by atoms with Crippen molar-refractivity contribution in [1.82, 2.24) is 0 Å². The van der Waals surface area contributed by atoms with Gasteiger partial charge in [0, 0.05) is 11.4 Å². The van der Waals surface area contributed by atoms with Crippen LogP contribution in [0.25, 0.3) is 0 Å². The molecule has 0 bridgehead atoms.